The van der Waals surface area contributed by atoms with E-state index in [1.165, 1.54) is 17.5 Å². The fraction of sp³-hybridized carbons (Fsp3) is 0.625. The van der Waals surface area contributed by atoms with E-state index in [-0.39, 0.29) is 6.10 Å². The summed E-state index contributed by atoms with van der Waals surface area (Å²) in [5.41, 5.74) is 2.54. The Hall–Kier alpha value is -0.900. The first kappa shape index (κ1) is 16.2. The molecule has 0 atom stereocenters. The summed E-state index contributed by atoms with van der Waals surface area (Å²) in [5.74, 6) is 0. The molecule has 108 valence electrons. The molecule has 0 unspecified atom stereocenters. The SMILES string of the molecule is CCCNCc1cccc(COCCOC(C)C)c1. The molecule has 0 heterocycles. The highest BCUT2D eigenvalue weighted by Gasteiger charge is 1.98. The molecule has 0 aliphatic heterocycles. The molecule has 0 bridgehead atoms. The average Bonchev–Trinajstić information content (AvgIpc) is 2.39. The molecule has 0 saturated carbocycles. The second-order valence-corrected chi connectivity index (χ2v) is 4.97. The van der Waals surface area contributed by atoms with Crippen LogP contribution in [0, 0.1) is 0 Å². The molecule has 3 heteroatoms. The van der Waals surface area contributed by atoms with E-state index in [1.54, 1.807) is 0 Å². The summed E-state index contributed by atoms with van der Waals surface area (Å²) in [6, 6.07) is 8.54. The lowest BCUT2D eigenvalue weighted by Crippen LogP contribution is -2.14. The van der Waals surface area contributed by atoms with Crippen molar-refractivity contribution in [3.63, 3.8) is 0 Å². The van der Waals surface area contributed by atoms with E-state index >= 15 is 0 Å². The predicted molar refractivity (Wildman–Crippen MR) is 79.2 cm³/mol. The van der Waals surface area contributed by atoms with Crippen LogP contribution in [-0.2, 0) is 22.6 Å². The number of ether oxygens (including phenoxy) is 2. The molecular weight excluding hydrogens is 238 g/mol. The van der Waals surface area contributed by atoms with E-state index in [2.05, 4.69) is 36.5 Å². The van der Waals surface area contributed by atoms with Gasteiger partial charge in [0.25, 0.3) is 0 Å². The number of hydrogen-bond acceptors (Lipinski definition) is 3. The van der Waals surface area contributed by atoms with Gasteiger partial charge < -0.3 is 14.8 Å². The molecule has 0 radical (unpaired) electrons. The van der Waals surface area contributed by atoms with Crippen molar-refractivity contribution in [3.05, 3.63) is 35.4 Å². The van der Waals surface area contributed by atoms with Crippen molar-refractivity contribution < 1.29 is 9.47 Å². The molecule has 3 nitrogen and oxygen atoms in total. The van der Waals surface area contributed by atoms with E-state index in [0.717, 1.165) is 13.1 Å². The van der Waals surface area contributed by atoms with E-state index in [0.29, 0.717) is 19.8 Å². The fourth-order valence-electron chi connectivity index (χ4n) is 1.77. The Morgan fingerprint density at radius 2 is 1.95 bits per heavy atom. The van der Waals surface area contributed by atoms with Gasteiger partial charge in [-0.1, -0.05) is 31.2 Å². The molecule has 0 aliphatic carbocycles. The quantitative estimate of drug-likeness (QED) is 0.659. The number of benzene rings is 1. The van der Waals surface area contributed by atoms with Crippen molar-refractivity contribution in [3.8, 4) is 0 Å². The minimum absolute atomic E-state index is 0.275. The standard InChI is InChI=1S/C16H27NO2/c1-4-8-17-12-15-6-5-7-16(11-15)13-18-9-10-19-14(2)3/h5-7,11,14,17H,4,8-10,12-13H2,1-3H3. The van der Waals surface area contributed by atoms with Crippen LogP contribution in [0.5, 0.6) is 0 Å². The van der Waals surface area contributed by atoms with Gasteiger partial charge in [0.2, 0.25) is 0 Å². The summed E-state index contributed by atoms with van der Waals surface area (Å²) >= 11 is 0. The first-order chi connectivity index (χ1) is 9.22. The molecule has 19 heavy (non-hydrogen) atoms. The molecular formula is C16H27NO2. The first-order valence-electron chi connectivity index (χ1n) is 7.20. The van der Waals surface area contributed by atoms with Crippen LogP contribution in [0.15, 0.2) is 24.3 Å². The minimum atomic E-state index is 0.275. The molecule has 0 aromatic heterocycles. The van der Waals surface area contributed by atoms with Crippen molar-refractivity contribution in [2.24, 2.45) is 0 Å². The summed E-state index contributed by atoms with van der Waals surface area (Å²) < 4.78 is 11.0. The highest BCUT2D eigenvalue weighted by Crippen LogP contribution is 2.06. The van der Waals surface area contributed by atoms with Crippen LogP contribution in [-0.4, -0.2) is 25.9 Å². The molecule has 1 N–H and O–H groups in total. The van der Waals surface area contributed by atoms with Crippen LogP contribution < -0.4 is 5.32 Å². The van der Waals surface area contributed by atoms with Crippen molar-refractivity contribution >= 4 is 0 Å². The maximum atomic E-state index is 5.61. The monoisotopic (exact) mass is 265 g/mol. The van der Waals surface area contributed by atoms with Crippen LogP contribution in [0.4, 0.5) is 0 Å². The van der Waals surface area contributed by atoms with Crippen molar-refractivity contribution in [1.29, 1.82) is 0 Å². The molecule has 1 aromatic carbocycles. The molecule has 0 saturated heterocycles. The Balaban J connectivity index is 2.23. The van der Waals surface area contributed by atoms with Gasteiger partial charge in [-0.2, -0.15) is 0 Å². The summed E-state index contributed by atoms with van der Waals surface area (Å²) in [6.07, 6.45) is 1.44. The fourth-order valence-corrected chi connectivity index (χ4v) is 1.77. The van der Waals surface area contributed by atoms with E-state index < -0.39 is 0 Å². The first-order valence-corrected chi connectivity index (χ1v) is 7.20. The zero-order valence-electron chi connectivity index (χ0n) is 12.4. The van der Waals surface area contributed by atoms with Gasteiger partial charge in [-0.25, -0.2) is 0 Å². The average molecular weight is 265 g/mol. The van der Waals surface area contributed by atoms with Gasteiger partial charge in [0.1, 0.15) is 0 Å². The zero-order valence-corrected chi connectivity index (χ0v) is 12.4. The number of nitrogens with one attached hydrogen (secondary N) is 1. The second kappa shape index (κ2) is 9.96. The third-order valence-electron chi connectivity index (χ3n) is 2.69. The van der Waals surface area contributed by atoms with Crippen molar-refractivity contribution in [1.82, 2.24) is 5.32 Å². The topological polar surface area (TPSA) is 30.5 Å². The Labute approximate surface area is 117 Å². The van der Waals surface area contributed by atoms with Gasteiger partial charge in [0, 0.05) is 6.54 Å². The van der Waals surface area contributed by atoms with Crippen LogP contribution in [0.25, 0.3) is 0 Å². The van der Waals surface area contributed by atoms with Gasteiger partial charge in [-0.05, 0) is 37.9 Å². The molecule has 1 aromatic rings. The third-order valence-corrected chi connectivity index (χ3v) is 2.69. The maximum absolute atomic E-state index is 5.61. The Bertz CT molecular complexity index is 339. The summed E-state index contributed by atoms with van der Waals surface area (Å²) in [5, 5.41) is 3.41. The van der Waals surface area contributed by atoms with Gasteiger partial charge in [0.15, 0.2) is 0 Å². The highest BCUT2D eigenvalue weighted by molar-refractivity contribution is 5.22. The zero-order chi connectivity index (χ0) is 13.9. The Morgan fingerprint density at radius 3 is 2.68 bits per heavy atom. The third kappa shape index (κ3) is 7.98. The van der Waals surface area contributed by atoms with Crippen LogP contribution in [0.1, 0.15) is 38.3 Å². The highest BCUT2D eigenvalue weighted by atomic mass is 16.5. The lowest BCUT2D eigenvalue weighted by molar-refractivity contribution is 0.0143. The largest absolute Gasteiger partial charge is 0.376 e. The molecule has 0 spiro atoms. The maximum Gasteiger partial charge on any atom is 0.0718 e. The molecule has 0 fully saturated rings. The smallest absolute Gasteiger partial charge is 0.0718 e. The lowest BCUT2D eigenvalue weighted by atomic mass is 10.1. The van der Waals surface area contributed by atoms with Crippen molar-refractivity contribution in [2.45, 2.75) is 46.4 Å². The lowest BCUT2D eigenvalue weighted by Gasteiger charge is -2.09. The van der Waals surface area contributed by atoms with Gasteiger partial charge in [-0.15, -0.1) is 0 Å². The van der Waals surface area contributed by atoms with Gasteiger partial charge in [-0.3, -0.25) is 0 Å². The Kier molecular flexibility index (Phi) is 8.47. The second-order valence-electron chi connectivity index (χ2n) is 4.97. The Morgan fingerprint density at radius 1 is 1.16 bits per heavy atom. The van der Waals surface area contributed by atoms with E-state index in [4.69, 9.17) is 9.47 Å². The van der Waals surface area contributed by atoms with E-state index in [1.807, 2.05) is 13.8 Å². The predicted octanol–water partition coefficient (Wildman–Crippen LogP) is 3.13. The van der Waals surface area contributed by atoms with Crippen LogP contribution >= 0.6 is 0 Å². The van der Waals surface area contributed by atoms with Gasteiger partial charge in [0.05, 0.1) is 25.9 Å². The van der Waals surface area contributed by atoms with Crippen molar-refractivity contribution in [2.75, 3.05) is 19.8 Å². The van der Waals surface area contributed by atoms with Crippen LogP contribution in [0.3, 0.4) is 0 Å². The van der Waals surface area contributed by atoms with Crippen LogP contribution in [0.2, 0.25) is 0 Å². The van der Waals surface area contributed by atoms with Gasteiger partial charge >= 0.3 is 0 Å². The summed E-state index contributed by atoms with van der Waals surface area (Å²) in [4.78, 5) is 0. The summed E-state index contributed by atoms with van der Waals surface area (Å²) in [7, 11) is 0. The number of rotatable bonds is 10. The van der Waals surface area contributed by atoms with E-state index in [9.17, 15) is 0 Å². The molecule has 0 amide bonds. The molecule has 1 rings (SSSR count). The molecule has 0 aliphatic rings. The minimum Gasteiger partial charge on any atom is -0.376 e. The number of hydrogen-bond donors (Lipinski definition) is 1. The normalized spacial score (nSPS) is 11.2. The summed E-state index contributed by atoms with van der Waals surface area (Å²) in [6.45, 7) is 10.2.